The largest absolute Gasteiger partial charge is 0.352 e. The first kappa shape index (κ1) is 17.5. The second-order valence-corrected chi connectivity index (χ2v) is 7.56. The number of nitrogens with zero attached hydrogens (tertiary/aromatic N) is 1. The van der Waals surface area contributed by atoms with Crippen molar-refractivity contribution in [2.45, 2.75) is 39.0 Å². The van der Waals surface area contributed by atoms with E-state index in [9.17, 15) is 13.2 Å². The molecule has 0 radical (unpaired) electrons. The summed E-state index contributed by atoms with van der Waals surface area (Å²) in [6.45, 7) is 2.15. The molecule has 0 aliphatic heterocycles. The van der Waals surface area contributed by atoms with Crippen LogP contribution < -0.4 is 10.0 Å². The molecule has 0 saturated heterocycles. The number of amides is 1. The fourth-order valence-electron chi connectivity index (χ4n) is 2.39. The van der Waals surface area contributed by atoms with Crippen LogP contribution in [0.15, 0.2) is 30.0 Å². The van der Waals surface area contributed by atoms with Crippen LogP contribution in [0.3, 0.4) is 0 Å². The van der Waals surface area contributed by atoms with Crippen molar-refractivity contribution >= 4 is 21.7 Å². The number of nitrogens with one attached hydrogen (secondary N) is 2. The molecule has 1 aliphatic carbocycles. The van der Waals surface area contributed by atoms with Crippen LogP contribution in [-0.2, 0) is 10.0 Å². The predicted molar refractivity (Wildman–Crippen MR) is 90.8 cm³/mol. The second-order valence-electron chi connectivity index (χ2n) is 5.55. The smallest absolute Gasteiger partial charge is 0.252 e. The molecule has 0 fully saturated rings. The molecule has 1 aromatic rings. The number of rotatable bonds is 7. The number of sulfonamides is 1. The first-order chi connectivity index (χ1) is 11.0. The van der Waals surface area contributed by atoms with Gasteiger partial charge in [0.2, 0.25) is 10.0 Å². The van der Waals surface area contributed by atoms with E-state index in [1.54, 1.807) is 13.0 Å². The van der Waals surface area contributed by atoms with Crippen LogP contribution >= 0.6 is 0 Å². The van der Waals surface area contributed by atoms with Gasteiger partial charge in [-0.1, -0.05) is 11.6 Å². The molecule has 0 atom stereocenters. The first-order valence-electron chi connectivity index (χ1n) is 7.93. The Morgan fingerprint density at radius 3 is 2.74 bits per heavy atom. The van der Waals surface area contributed by atoms with Crippen LogP contribution in [-0.4, -0.2) is 31.6 Å². The lowest BCUT2D eigenvalue weighted by Crippen LogP contribution is -2.25. The third kappa shape index (κ3) is 5.67. The van der Waals surface area contributed by atoms with E-state index in [0.717, 1.165) is 19.3 Å². The highest BCUT2D eigenvalue weighted by molar-refractivity contribution is 7.92. The van der Waals surface area contributed by atoms with Gasteiger partial charge in [0, 0.05) is 12.7 Å². The summed E-state index contributed by atoms with van der Waals surface area (Å²) < 4.78 is 25.2. The Labute approximate surface area is 137 Å². The highest BCUT2D eigenvalue weighted by Gasteiger charge is 2.10. The normalized spacial score (nSPS) is 14.9. The van der Waals surface area contributed by atoms with Gasteiger partial charge in [-0.2, -0.15) is 0 Å². The molecule has 0 aromatic carbocycles. The second kappa shape index (κ2) is 8.10. The van der Waals surface area contributed by atoms with E-state index in [2.05, 4.69) is 21.1 Å². The third-order valence-corrected chi connectivity index (χ3v) is 5.06. The van der Waals surface area contributed by atoms with Crippen LogP contribution in [0.1, 0.15) is 49.4 Å². The highest BCUT2D eigenvalue weighted by Crippen LogP contribution is 2.19. The quantitative estimate of drug-likeness (QED) is 0.748. The molecule has 1 aromatic heterocycles. The fourth-order valence-corrected chi connectivity index (χ4v) is 2.97. The predicted octanol–water partition coefficient (Wildman–Crippen LogP) is 2.46. The molecule has 23 heavy (non-hydrogen) atoms. The maximum Gasteiger partial charge on any atom is 0.252 e. The highest BCUT2D eigenvalue weighted by atomic mass is 32.2. The van der Waals surface area contributed by atoms with Crippen molar-refractivity contribution < 1.29 is 13.2 Å². The van der Waals surface area contributed by atoms with Gasteiger partial charge >= 0.3 is 0 Å². The fraction of sp³-hybridized carbons (Fsp3) is 0.500. The van der Waals surface area contributed by atoms with Crippen LogP contribution in [0.25, 0.3) is 0 Å². The zero-order valence-electron chi connectivity index (χ0n) is 13.3. The Morgan fingerprint density at radius 1 is 1.30 bits per heavy atom. The molecule has 0 spiro atoms. The summed E-state index contributed by atoms with van der Waals surface area (Å²) >= 11 is 0. The van der Waals surface area contributed by atoms with Gasteiger partial charge in [0.05, 0.1) is 11.3 Å². The summed E-state index contributed by atoms with van der Waals surface area (Å²) in [4.78, 5) is 16.0. The van der Waals surface area contributed by atoms with Gasteiger partial charge in [-0.15, -0.1) is 0 Å². The molecule has 1 aliphatic rings. The number of carbonyl (C=O) groups excluding carboxylic acids is 1. The zero-order chi connectivity index (χ0) is 16.7. The van der Waals surface area contributed by atoms with Crippen molar-refractivity contribution in [1.29, 1.82) is 0 Å². The number of hydrogen-bond acceptors (Lipinski definition) is 4. The van der Waals surface area contributed by atoms with Crippen molar-refractivity contribution in [1.82, 2.24) is 10.3 Å². The van der Waals surface area contributed by atoms with Crippen LogP contribution in [0.4, 0.5) is 5.82 Å². The Balaban J connectivity index is 1.84. The summed E-state index contributed by atoms with van der Waals surface area (Å²) in [6, 6.07) is 3.06. The monoisotopic (exact) mass is 337 g/mol. The zero-order valence-corrected chi connectivity index (χ0v) is 14.2. The van der Waals surface area contributed by atoms with Crippen molar-refractivity contribution in [2.75, 3.05) is 17.0 Å². The summed E-state index contributed by atoms with van der Waals surface area (Å²) in [5.41, 5.74) is 1.83. The molecular weight excluding hydrogens is 314 g/mol. The first-order valence-corrected chi connectivity index (χ1v) is 9.58. The summed E-state index contributed by atoms with van der Waals surface area (Å²) in [6.07, 6.45) is 9.29. The minimum Gasteiger partial charge on any atom is -0.352 e. The number of carbonyl (C=O) groups is 1. The number of hydrogen-bond donors (Lipinski definition) is 2. The number of allylic oxidation sites excluding steroid dienone is 1. The molecule has 126 valence electrons. The van der Waals surface area contributed by atoms with E-state index in [4.69, 9.17) is 0 Å². The van der Waals surface area contributed by atoms with E-state index in [-0.39, 0.29) is 17.5 Å². The van der Waals surface area contributed by atoms with E-state index in [1.165, 1.54) is 30.7 Å². The standard InChI is InChI=1S/C16H23N3O3S/c1-2-23(21,22)19-15-9-8-14(12-18-15)16(20)17-11-10-13-6-4-3-5-7-13/h6,8-9,12H,2-5,7,10-11H2,1H3,(H,17,20)(H,18,19). The van der Waals surface area contributed by atoms with Crippen molar-refractivity contribution in [2.24, 2.45) is 0 Å². The van der Waals surface area contributed by atoms with Crippen LogP contribution in [0.5, 0.6) is 0 Å². The molecule has 7 heteroatoms. The van der Waals surface area contributed by atoms with Crippen LogP contribution in [0.2, 0.25) is 0 Å². The average molecular weight is 337 g/mol. The third-order valence-electron chi connectivity index (χ3n) is 3.78. The molecule has 2 N–H and O–H groups in total. The van der Waals surface area contributed by atoms with Crippen molar-refractivity contribution in [3.63, 3.8) is 0 Å². The topological polar surface area (TPSA) is 88.2 Å². The van der Waals surface area contributed by atoms with E-state index in [0.29, 0.717) is 12.1 Å². The Hall–Kier alpha value is -1.89. The average Bonchev–Trinajstić information content (AvgIpc) is 2.56. The van der Waals surface area contributed by atoms with E-state index >= 15 is 0 Å². The molecule has 0 unspecified atom stereocenters. The summed E-state index contributed by atoms with van der Waals surface area (Å²) in [7, 11) is -3.35. The van der Waals surface area contributed by atoms with E-state index < -0.39 is 10.0 Å². The van der Waals surface area contributed by atoms with Crippen LogP contribution in [0, 0.1) is 0 Å². The minimum absolute atomic E-state index is 0.0211. The SMILES string of the molecule is CCS(=O)(=O)Nc1ccc(C(=O)NCCC2=CCCCC2)cn1. The lowest BCUT2D eigenvalue weighted by Gasteiger charge is -2.13. The van der Waals surface area contributed by atoms with Gasteiger partial charge in [-0.3, -0.25) is 9.52 Å². The molecular formula is C16H23N3O3S. The van der Waals surface area contributed by atoms with Gasteiger partial charge in [-0.05, 0) is 51.2 Å². The number of anilines is 1. The maximum absolute atomic E-state index is 12.0. The summed E-state index contributed by atoms with van der Waals surface area (Å²) in [5.74, 6) is 0.00169. The van der Waals surface area contributed by atoms with Gasteiger partial charge in [0.25, 0.3) is 5.91 Å². The minimum atomic E-state index is -3.35. The lowest BCUT2D eigenvalue weighted by molar-refractivity contribution is 0.0953. The Bertz CT molecular complexity index is 666. The lowest BCUT2D eigenvalue weighted by atomic mass is 9.97. The summed E-state index contributed by atoms with van der Waals surface area (Å²) in [5, 5.41) is 2.87. The van der Waals surface area contributed by atoms with Gasteiger partial charge in [0.15, 0.2) is 0 Å². The van der Waals surface area contributed by atoms with E-state index in [1.807, 2.05) is 0 Å². The van der Waals surface area contributed by atoms with Crippen molar-refractivity contribution in [3.05, 3.63) is 35.5 Å². The number of pyridine rings is 1. The Kier molecular flexibility index (Phi) is 6.15. The van der Waals surface area contributed by atoms with Gasteiger partial charge < -0.3 is 5.32 Å². The maximum atomic E-state index is 12.0. The van der Waals surface area contributed by atoms with Gasteiger partial charge in [-0.25, -0.2) is 13.4 Å². The van der Waals surface area contributed by atoms with Crippen molar-refractivity contribution in [3.8, 4) is 0 Å². The molecule has 2 rings (SSSR count). The molecule has 1 heterocycles. The molecule has 0 bridgehead atoms. The molecule has 0 saturated carbocycles. The molecule has 1 amide bonds. The van der Waals surface area contributed by atoms with Gasteiger partial charge in [0.1, 0.15) is 5.82 Å². The molecule has 6 nitrogen and oxygen atoms in total. The number of aromatic nitrogens is 1. The Morgan fingerprint density at radius 2 is 2.13 bits per heavy atom.